The average molecular weight is 225 g/mol. The fourth-order valence-corrected chi connectivity index (χ4v) is 1.39. The average Bonchev–Trinajstić information content (AvgIpc) is 2.26. The molecule has 0 radical (unpaired) electrons. The van der Waals surface area contributed by atoms with Crippen LogP contribution < -0.4 is 15.8 Å². The van der Waals surface area contributed by atoms with E-state index in [9.17, 15) is 10.1 Å². The van der Waals surface area contributed by atoms with Gasteiger partial charge in [-0.1, -0.05) is 0 Å². The van der Waals surface area contributed by atoms with Gasteiger partial charge in [-0.05, 0) is 6.07 Å². The molecular formula is C10H17N4O2+. The number of nitro groups is 1. The van der Waals surface area contributed by atoms with Gasteiger partial charge in [-0.15, -0.1) is 0 Å². The molecule has 0 atom stereocenters. The van der Waals surface area contributed by atoms with Crippen LogP contribution in [0.15, 0.2) is 24.3 Å². The Balaban J connectivity index is 2.94. The van der Waals surface area contributed by atoms with Crippen LogP contribution in [0.4, 0.5) is 11.4 Å². The van der Waals surface area contributed by atoms with E-state index in [-0.39, 0.29) is 5.69 Å². The summed E-state index contributed by atoms with van der Waals surface area (Å²) in [5, 5.41) is 10.7. The molecule has 0 bridgehead atoms. The molecule has 6 nitrogen and oxygen atoms in total. The Kier molecular flexibility index (Phi) is 3.94. The summed E-state index contributed by atoms with van der Waals surface area (Å²) >= 11 is 0. The second-order valence-corrected chi connectivity index (χ2v) is 3.93. The van der Waals surface area contributed by atoms with Gasteiger partial charge in [-0.3, -0.25) is 10.1 Å². The number of nitrogens with two attached hydrogens (primary N) is 1. The van der Waals surface area contributed by atoms with E-state index in [1.54, 1.807) is 12.1 Å². The number of hydrogen-bond acceptors (Lipinski definition) is 4. The SMILES string of the molecule is C[N+](C)(NCCN)c1cccc([N+](=O)[O-])c1. The molecule has 0 aliphatic rings. The molecule has 0 spiro atoms. The van der Waals surface area contributed by atoms with Crippen molar-refractivity contribution in [3.63, 3.8) is 0 Å². The summed E-state index contributed by atoms with van der Waals surface area (Å²) in [6, 6.07) is 6.56. The molecule has 0 unspecified atom stereocenters. The van der Waals surface area contributed by atoms with Gasteiger partial charge < -0.3 is 5.73 Å². The Hall–Kier alpha value is -1.50. The van der Waals surface area contributed by atoms with Gasteiger partial charge in [0.2, 0.25) is 0 Å². The molecule has 6 heteroatoms. The molecule has 0 saturated carbocycles. The maximum atomic E-state index is 10.7. The number of rotatable bonds is 5. The van der Waals surface area contributed by atoms with E-state index in [1.165, 1.54) is 6.07 Å². The molecule has 88 valence electrons. The molecule has 0 aliphatic carbocycles. The smallest absolute Gasteiger partial charge is 0.275 e. The molecule has 1 aromatic rings. The summed E-state index contributed by atoms with van der Waals surface area (Å²) in [6.07, 6.45) is 0. The fourth-order valence-electron chi connectivity index (χ4n) is 1.39. The molecular weight excluding hydrogens is 208 g/mol. The minimum atomic E-state index is -0.396. The summed E-state index contributed by atoms with van der Waals surface area (Å²) in [4.78, 5) is 10.3. The zero-order chi connectivity index (χ0) is 12.2. The lowest BCUT2D eigenvalue weighted by molar-refractivity contribution is -0.384. The van der Waals surface area contributed by atoms with Crippen molar-refractivity contribution >= 4 is 11.4 Å². The second-order valence-electron chi connectivity index (χ2n) is 3.93. The number of nitrogens with one attached hydrogen (secondary N) is 1. The zero-order valence-corrected chi connectivity index (χ0v) is 9.51. The van der Waals surface area contributed by atoms with Crippen LogP contribution in [0.1, 0.15) is 0 Å². The third-order valence-corrected chi connectivity index (χ3v) is 2.34. The topological polar surface area (TPSA) is 81.2 Å². The first-order valence-electron chi connectivity index (χ1n) is 5.01. The first-order valence-corrected chi connectivity index (χ1v) is 5.01. The van der Waals surface area contributed by atoms with Gasteiger partial charge in [0.05, 0.1) is 31.6 Å². The third-order valence-electron chi connectivity index (χ3n) is 2.34. The molecule has 0 aromatic heterocycles. The Bertz CT molecular complexity index is 379. The van der Waals surface area contributed by atoms with Gasteiger partial charge in [0.25, 0.3) is 5.69 Å². The summed E-state index contributed by atoms with van der Waals surface area (Å²) in [5.74, 6) is 0. The fraction of sp³-hybridized carbons (Fsp3) is 0.400. The summed E-state index contributed by atoms with van der Waals surface area (Å²) in [7, 11) is 3.82. The van der Waals surface area contributed by atoms with Crippen LogP contribution in [-0.4, -0.2) is 32.1 Å². The lowest BCUT2D eigenvalue weighted by atomic mass is 10.2. The van der Waals surface area contributed by atoms with Crippen LogP contribution in [0.3, 0.4) is 0 Å². The van der Waals surface area contributed by atoms with Crippen LogP contribution in [0.5, 0.6) is 0 Å². The molecule has 0 heterocycles. The van der Waals surface area contributed by atoms with Crippen LogP contribution in [0.25, 0.3) is 0 Å². The highest BCUT2D eigenvalue weighted by Crippen LogP contribution is 2.22. The highest BCUT2D eigenvalue weighted by atomic mass is 16.6. The molecule has 0 saturated heterocycles. The minimum absolute atomic E-state index is 0.0956. The third kappa shape index (κ3) is 2.99. The Morgan fingerprint density at radius 3 is 2.75 bits per heavy atom. The van der Waals surface area contributed by atoms with Gasteiger partial charge in [0.1, 0.15) is 0 Å². The molecule has 0 amide bonds. The van der Waals surface area contributed by atoms with E-state index in [4.69, 9.17) is 5.73 Å². The van der Waals surface area contributed by atoms with E-state index in [0.717, 1.165) is 5.69 Å². The van der Waals surface area contributed by atoms with Crippen molar-refractivity contribution in [1.82, 2.24) is 10.0 Å². The van der Waals surface area contributed by atoms with Crippen LogP contribution in [0, 0.1) is 10.1 Å². The predicted octanol–water partition coefficient (Wildman–Crippen LogP) is 0.625. The Morgan fingerprint density at radius 1 is 1.50 bits per heavy atom. The van der Waals surface area contributed by atoms with Crippen molar-refractivity contribution in [2.75, 3.05) is 27.2 Å². The summed E-state index contributed by atoms with van der Waals surface area (Å²) < 4.78 is 0.360. The second kappa shape index (κ2) is 5.02. The van der Waals surface area contributed by atoms with E-state index >= 15 is 0 Å². The number of quaternary nitrogens is 1. The normalized spacial score (nSPS) is 11.4. The van der Waals surface area contributed by atoms with Gasteiger partial charge in [-0.25, -0.2) is 4.59 Å². The summed E-state index contributed by atoms with van der Waals surface area (Å²) in [6.45, 7) is 1.17. The Labute approximate surface area is 94.4 Å². The number of hydrogen-bond donors (Lipinski definition) is 2. The Morgan fingerprint density at radius 2 is 2.19 bits per heavy atom. The largest absolute Gasteiger partial charge is 0.329 e. The molecule has 16 heavy (non-hydrogen) atoms. The lowest BCUT2D eigenvalue weighted by Gasteiger charge is -2.28. The number of nitrogens with zero attached hydrogens (tertiary/aromatic N) is 2. The van der Waals surface area contributed by atoms with Crippen LogP contribution >= 0.6 is 0 Å². The number of benzene rings is 1. The maximum absolute atomic E-state index is 10.7. The van der Waals surface area contributed by atoms with Crippen molar-refractivity contribution in [3.05, 3.63) is 34.4 Å². The highest BCUT2D eigenvalue weighted by molar-refractivity contribution is 5.49. The first kappa shape index (κ1) is 12.6. The van der Waals surface area contributed by atoms with Crippen molar-refractivity contribution in [3.8, 4) is 0 Å². The molecule has 0 aliphatic heterocycles. The van der Waals surface area contributed by atoms with Gasteiger partial charge in [-0.2, -0.15) is 5.43 Å². The van der Waals surface area contributed by atoms with Gasteiger partial charge >= 0.3 is 0 Å². The standard InChI is InChI=1S/C10H17N4O2/c1-14(2,12-7-6-11)10-5-3-4-9(8-10)13(15)16/h3-5,8,12H,6-7,11H2,1-2H3/q+1. The monoisotopic (exact) mass is 225 g/mol. The number of nitro benzene ring substituents is 1. The quantitative estimate of drug-likeness (QED) is 0.437. The highest BCUT2D eigenvalue weighted by Gasteiger charge is 2.21. The maximum Gasteiger partial charge on any atom is 0.275 e. The van der Waals surface area contributed by atoms with Crippen molar-refractivity contribution in [2.45, 2.75) is 0 Å². The minimum Gasteiger partial charge on any atom is -0.329 e. The number of non-ortho nitro benzene ring substituents is 1. The van der Waals surface area contributed by atoms with Crippen molar-refractivity contribution in [1.29, 1.82) is 0 Å². The molecule has 1 rings (SSSR count). The van der Waals surface area contributed by atoms with Crippen molar-refractivity contribution < 1.29 is 4.92 Å². The van der Waals surface area contributed by atoms with E-state index < -0.39 is 4.92 Å². The van der Waals surface area contributed by atoms with E-state index in [1.807, 2.05) is 20.2 Å². The van der Waals surface area contributed by atoms with Crippen LogP contribution in [-0.2, 0) is 0 Å². The first-order chi connectivity index (χ1) is 7.47. The predicted molar refractivity (Wildman–Crippen MR) is 63.8 cm³/mol. The zero-order valence-electron chi connectivity index (χ0n) is 9.51. The van der Waals surface area contributed by atoms with Gasteiger partial charge in [0, 0.05) is 18.7 Å². The molecule has 3 N–H and O–H groups in total. The molecule has 1 aromatic carbocycles. The van der Waals surface area contributed by atoms with E-state index in [2.05, 4.69) is 5.43 Å². The lowest BCUT2D eigenvalue weighted by Crippen LogP contribution is -2.54. The van der Waals surface area contributed by atoms with Crippen molar-refractivity contribution in [2.24, 2.45) is 5.73 Å². The van der Waals surface area contributed by atoms with Gasteiger partial charge in [0.15, 0.2) is 5.69 Å². The summed E-state index contributed by atoms with van der Waals surface area (Å²) in [5.41, 5.74) is 9.51. The van der Waals surface area contributed by atoms with E-state index in [0.29, 0.717) is 17.7 Å². The molecule has 0 fully saturated rings. The van der Waals surface area contributed by atoms with Crippen LogP contribution in [0.2, 0.25) is 0 Å².